The number of aryl methyl sites for hydroxylation is 1. The van der Waals surface area contributed by atoms with E-state index in [9.17, 15) is 22.4 Å². The maximum Gasteiger partial charge on any atom is 0.264 e. The van der Waals surface area contributed by atoms with Gasteiger partial charge in [-0.05, 0) is 82.5 Å². The van der Waals surface area contributed by atoms with Gasteiger partial charge in [0.05, 0.1) is 10.6 Å². The number of carbonyl (C=O) groups is 2. The molecule has 3 rings (SSSR count). The predicted molar refractivity (Wildman–Crippen MR) is 156 cm³/mol. The smallest absolute Gasteiger partial charge is 0.264 e. The van der Waals surface area contributed by atoms with E-state index < -0.39 is 39.9 Å². The second-order valence-corrected chi connectivity index (χ2v) is 12.6. The zero-order valence-electron chi connectivity index (χ0n) is 23.7. The minimum absolute atomic E-state index is 0.143. The lowest BCUT2D eigenvalue weighted by Crippen LogP contribution is -2.56. The monoisotopic (exact) mass is 567 g/mol. The van der Waals surface area contributed by atoms with Crippen LogP contribution in [0.2, 0.25) is 0 Å². The van der Waals surface area contributed by atoms with Crippen LogP contribution in [0.25, 0.3) is 0 Å². The molecule has 3 aromatic carbocycles. The van der Waals surface area contributed by atoms with Crippen LogP contribution in [0, 0.1) is 12.7 Å². The van der Waals surface area contributed by atoms with E-state index in [0.717, 1.165) is 27.6 Å². The highest BCUT2D eigenvalue weighted by Crippen LogP contribution is 2.25. The maximum absolute atomic E-state index is 14.0. The fraction of sp³-hybridized carbons (Fsp3) is 0.355. The average molecular weight is 568 g/mol. The zero-order valence-corrected chi connectivity index (χ0v) is 24.5. The molecule has 40 heavy (non-hydrogen) atoms. The largest absolute Gasteiger partial charge is 0.350 e. The van der Waals surface area contributed by atoms with Gasteiger partial charge in [-0.25, -0.2) is 12.8 Å². The fourth-order valence-corrected chi connectivity index (χ4v) is 5.74. The first kappa shape index (κ1) is 30.8. The van der Waals surface area contributed by atoms with Gasteiger partial charge in [-0.2, -0.15) is 0 Å². The van der Waals surface area contributed by atoms with Crippen LogP contribution in [-0.2, 0) is 26.0 Å². The maximum atomic E-state index is 14.0. The summed E-state index contributed by atoms with van der Waals surface area (Å²) in [7, 11) is -4.24. The Morgan fingerprint density at radius 1 is 0.925 bits per heavy atom. The number of sulfonamides is 1. The molecular weight excluding hydrogens is 529 g/mol. The number of nitrogens with zero attached hydrogens (tertiary/aromatic N) is 2. The highest BCUT2D eigenvalue weighted by Gasteiger charge is 2.34. The standard InChI is InChI=1S/C31H38FN3O4S/c1-6-28(30(37)33-31(3,4)5)34(21-20-24-10-8-7-9-11-24)29(36)22-35(26-16-12-23(2)13-17-26)40(38,39)27-18-14-25(32)15-19-27/h7-19,28H,6,20-22H2,1-5H3,(H,33,37)/t28-/m1/s1. The van der Waals surface area contributed by atoms with Gasteiger partial charge >= 0.3 is 0 Å². The highest BCUT2D eigenvalue weighted by molar-refractivity contribution is 7.92. The molecular formula is C31H38FN3O4S. The van der Waals surface area contributed by atoms with Crippen molar-refractivity contribution in [1.29, 1.82) is 0 Å². The van der Waals surface area contributed by atoms with Crippen LogP contribution < -0.4 is 9.62 Å². The molecule has 0 bridgehead atoms. The van der Waals surface area contributed by atoms with Crippen LogP contribution in [0.1, 0.15) is 45.2 Å². The topological polar surface area (TPSA) is 86.8 Å². The molecule has 214 valence electrons. The first-order valence-corrected chi connectivity index (χ1v) is 14.8. The molecule has 0 radical (unpaired) electrons. The fourth-order valence-electron chi connectivity index (χ4n) is 4.32. The van der Waals surface area contributed by atoms with Crippen molar-refractivity contribution >= 4 is 27.5 Å². The Bertz CT molecular complexity index is 1390. The van der Waals surface area contributed by atoms with Gasteiger partial charge < -0.3 is 10.2 Å². The molecule has 0 spiro atoms. The summed E-state index contributed by atoms with van der Waals surface area (Å²) in [5, 5.41) is 2.96. The molecule has 7 nitrogen and oxygen atoms in total. The van der Waals surface area contributed by atoms with Gasteiger partial charge in [-0.1, -0.05) is 55.0 Å². The molecule has 3 aromatic rings. The van der Waals surface area contributed by atoms with Crippen molar-refractivity contribution in [3.8, 4) is 0 Å². The van der Waals surface area contributed by atoms with E-state index in [1.54, 1.807) is 24.3 Å². The third kappa shape index (κ3) is 8.14. The Hall–Kier alpha value is -3.72. The molecule has 0 saturated carbocycles. The number of carbonyl (C=O) groups excluding carboxylic acids is 2. The van der Waals surface area contributed by atoms with Gasteiger partial charge in [0.2, 0.25) is 11.8 Å². The molecule has 1 atom stereocenters. The number of benzene rings is 3. The molecule has 0 aliphatic carbocycles. The zero-order chi connectivity index (χ0) is 29.5. The van der Waals surface area contributed by atoms with Gasteiger partial charge in [0.15, 0.2) is 0 Å². The van der Waals surface area contributed by atoms with Crippen molar-refractivity contribution in [3.63, 3.8) is 0 Å². The highest BCUT2D eigenvalue weighted by atomic mass is 32.2. The average Bonchev–Trinajstić information content (AvgIpc) is 2.90. The van der Waals surface area contributed by atoms with Gasteiger partial charge in [0.1, 0.15) is 18.4 Å². The second-order valence-electron chi connectivity index (χ2n) is 10.8. The number of amides is 2. The van der Waals surface area contributed by atoms with Gasteiger partial charge in [-0.3, -0.25) is 13.9 Å². The summed E-state index contributed by atoms with van der Waals surface area (Å²) < 4.78 is 42.2. The number of nitrogens with one attached hydrogen (secondary N) is 1. The third-order valence-electron chi connectivity index (χ3n) is 6.37. The van der Waals surface area contributed by atoms with E-state index >= 15 is 0 Å². The van der Waals surface area contributed by atoms with Crippen molar-refractivity contribution in [2.45, 2.75) is 63.9 Å². The number of halogens is 1. The Balaban J connectivity index is 2.01. The summed E-state index contributed by atoms with van der Waals surface area (Å²) in [6.07, 6.45) is 0.832. The summed E-state index contributed by atoms with van der Waals surface area (Å²) >= 11 is 0. The summed E-state index contributed by atoms with van der Waals surface area (Å²) in [6, 6.07) is 20.0. The summed E-state index contributed by atoms with van der Waals surface area (Å²) in [6.45, 7) is 8.97. The van der Waals surface area contributed by atoms with Crippen LogP contribution in [0.4, 0.5) is 10.1 Å². The number of hydrogen-bond donors (Lipinski definition) is 1. The summed E-state index contributed by atoms with van der Waals surface area (Å²) in [5.41, 5.74) is 1.68. The summed E-state index contributed by atoms with van der Waals surface area (Å²) in [5.74, 6) is -1.39. The molecule has 0 saturated heterocycles. The van der Waals surface area contributed by atoms with E-state index in [1.165, 1.54) is 17.0 Å². The Morgan fingerprint density at radius 3 is 2.08 bits per heavy atom. The molecule has 0 unspecified atom stereocenters. The summed E-state index contributed by atoms with van der Waals surface area (Å²) in [4.78, 5) is 28.6. The molecule has 0 aliphatic rings. The lowest BCUT2D eigenvalue weighted by Gasteiger charge is -2.34. The Morgan fingerprint density at radius 2 is 1.52 bits per heavy atom. The van der Waals surface area contributed by atoms with E-state index in [0.29, 0.717) is 18.5 Å². The van der Waals surface area contributed by atoms with Crippen LogP contribution in [0.5, 0.6) is 0 Å². The van der Waals surface area contributed by atoms with E-state index in [2.05, 4.69) is 5.32 Å². The van der Waals surface area contributed by atoms with Crippen molar-refractivity contribution < 1.29 is 22.4 Å². The second kappa shape index (κ2) is 13.1. The molecule has 1 N–H and O–H groups in total. The minimum atomic E-state index is -4.24. The Labute approximate surface area is 237 Å². The lowest BCUT2D eigenvalue weighted by molar-refractivity contribution is -0.140. The van der Waals surface area contributed by atoms with Crippen LogP contribution in [0.15, 0.2) is 83.8 Å². The molecule has 0 aliphatic heterocycles. The van der Waals surface area contributed by atoms with Crippen molar-refractivity contribution in [2.75, 3.05) is 17.4 Å². The number of anilines is 1. The van der Waals surface area contributed by atoms with Gasteiger partial charge in [-0.15, -0.1) is 0 Å². The lowest BCUT2D eigenvalue weighted by atomic mass is 10.1. The van der Waals surface area contributed by atoms with Crippen molar-refractivity contribution in [1.82, 2.24) is 10.2 Å². The van der Waals surface area contributed by atoms with E-state index in [1.807, 2.05) is 65.0 Å². The van der Waals surface area contributed by atoms with Crippen molar-refractivity contribution in [3.05, 3.63) is 95.8 Å². The van der Waals surface area contributed by atoms with Gasteiger partial charge in [0, 0.05) is 12.1 Å². The predicted octanol–water partition coefficient (Wildman–Crippen LogP) is 5.09. The number of hydrogen-bond acceptors (Lipinski definition) is 4. The first-order chi connectivity index (χ1) is 18.8. The Kier molecular flexibility index (Phi) is 10.1. The van der Waals surface area contributed by atoms with Crippen molar-refractivity contribution in [2.24, 2.45) is 0 Å². The molecule has 9 heteroatoms. The number of rotatable bonds is 11. The van der Waals surface area contributed by atoms with E-state index in [4.69, 9.17) is 0 Å². The quantitative estimate of drug-likeness (QED) is 0.350. The normalized spacial score (nSPS) is 12.4. The molecule has 0 aromatic heterocycles. The molecule has 0 heterocycles. The van der Waals surface area contributed by atoms with Crippen LogP contribution in [0.3, 0.4) is 0 Å². The van der Waals surface area contributed by atoms with Gasteiger partial charge in [0.25, 0.3) is 10.0 Å². The van der Waals surface area contributed by atoms with Crippen LogP contribution in [-0.4, -0.2) is 49.8 Å². The van der Waals surface area contributed by atoms with Crippen LogP contribution >= 0.6 is 0 Å². The third-order valence-corrected chi connectivity index (χ3v) is 8.16. The van der Waals surface area contributed by atoms with E-state index in [-0.39, 0.29) is 17.3 Å². The minimum Gasteiger partial charge on any atom is -0.350 e. The molecule has 2 amide bonds. The molecule has 0 fully saturated rings. The SMILES string of the molecule is CC[C@H](C(=O)NC(C)(C)C)N(CCc1ccccc1)C(=O)CN(c1ccc(C)cc1)S(=O)(=O)c1ccc(F)cc1. The first-order valence-electron chi connectivity index (χ1n) is 13.3.